The number of nitrogens with one attached hydrogen (secondary N) is 1. The Labute approximate surface area is 100 Å². The third kappa shape index (κ3) is 2.28. The molecule has 88 valence electrons. The fraction of sp³-hybridized carbons (Fsp3) is 0.750. The van der Waals surface area contributed by atoms with Crippen molar-refractivity contribution in [2.45, 2.75) is 30.9 Å². The van der Waals surface area contributed by atoms with Gasteiger partial charge in [0.25, 0.3) is 0 Å². The molecule has 3 rings (SSSR count). The van der Waals surface area contributed by atoms with Crippen LogP contribution in [-0.4, -0.2) is 23.8 Å². The Morgan fingerprint density at radius 3 is 3.06 bits per heavy atom. The van der Waals surface area contributed by atoms with Gasteiger partial charge in [0.15, 0.2) is 5.89 Å². The molecule has 1 atom stereocenters. The topological polar surface area (TPSA) is 38.1 Å². The monoisotopic (exact) mass is 238 g/mol. The quantitative estimate of drug-likeness (QED) is 0.877. The maximum absolute atomic E-state index is 5.57. The Morgan fingerprint density at radius 1 is 1.44 bits per heavy atom. The number of hydrogen-bond donors (Lipinski definition) is 1. The van der Waals surface area contributed by atoms with Crippen molar-refractivity contribution in [2.24, 2.45) is 5.92 Å². The zero-order valence-corrected chi connectivity index (χ0v) is 10.3. The fourth-order valence-electron chi connectivity index (χ4n) is 2.28. The van der Waals surface area contributed by atoms with E-state index in [1.54, 1.807) is 0 Å². The first kappa shape index (κ1) is 10.7. The van der Waals surface area contributed by atoms with Crippen LogP contribution in [0.4, 0.5) is 0 Å². The summed E-state index contributed by atoms with van der Waals surface area (Å²) in [5.74, 6) is 2.96. The average Bonchev–Trinajstić information content (AvgIpc) is 2.73. The summed E-state index contributed by atoms with van der Waals surface area (Å²) in [4.78, 5) is 4.64. The lowest BCUT2D eigenvalue weighted by Gasteiger charge is -2.25. The SMILES string of the molecule is c1oc(CC2CNC2)nc1C1CCCCS1. The summed E-state index contributed by atoms with van der Waals surface area (Å²) in [6.45, 7) is 2.24. The van der Waals surface area contributed by atoms with Gasteiger partial charge in [0.05, 0.1) is 10.9 Å². The van der Waals surface area contributed by atoms with Crippen LogP contribution in [0.1, 0.15) is 36.1 Å². The Hall–Kier alpha value is -0.480. The van der Waals surface area contributed by atoms with Gasteiger partial charge in [-0.1, -0.05) is 6.42 Å². The Balaban J connectivity index is 1.61. The number of oxazole rings is 1. The van der Waals surface area contributed by atoms with E-state index >= 15 is 0 Å². The number of hydrogen-bond acceptors (Lipinski definition) is 4. The Kier molecular flexibility index (Phi) is 3.20. The lowest BCUT2D eigenvalue weighted by atomic mass is 10.00. The van der Waals surface area contributed by atoms with Crippen molar-refractivity contribution in [1.82, 2.24) is 10.3 Å². The third-order valence-electron chi connectivity index (χ3n) is 3.41. The second kappa shape index (κ2) is 4.80. The van der Waals surface area contributed by atoms with E-state index in [9.17, 15) is 0 Å². The van der Waals surface area contributed by atoms with Crippen LogP contribution in [0, 0.1) is 5.92 Å². The molecule has 0 aromatic carbocycles. The van der Waals surface area contributed by atoms with Crippen molar-refractivity contribution in [3.63, 3.8) is 0 Å². The smallest absolute Gasteiger partial charge is 0.194 e. The lowest BCUT2D eigenvalue weighted by Crippen LogP contribution is -2.43. The molecule has 0 saturated carbocycles. The highest BCUT2D eigenvalue weighted by molar-refractivity contribution is 7.99. The highest BCUT2D eigenvalue weighted by Crippen LogP contribution is 2.37. The highest BCUT2D eigenvalue weighted by atomic mass is 32.2. The summed E-state index contributed by atoms with van der Waals surface area (Å²) < 4.78 is 5.57. The molecule has 3 heterocycles. The molecule has 0 bridgehead atoms. The Bertz CT molecular complexity index is 343. The summed E-state index contributed by atoms with van der Waals surface area (Å²) in [6, 6.07) is 0. The number of aromatic nitrogens is 1. The van der Waals surface area contributed by atoms with Gasteiger partial charge < -0.3 is 9.73 Å². The van der Waals surface area contributed by atoms with Crippen molar-refractivity contribution < 1.29 is 4.42 Å². The van der Waals surface area contributed by atoms with E-state index in [2.05, 4.69) is 10.3 Å². The zero-order valence-electron chi connectivity index (χ0n) is 9.45. The molecular weight excluding hydrogens is 220 g/mol. The van der Waals surface area contributed by atoms with Crippen LogP contribution in [0.2, 0.25) is 0 Å². The normalized spacial score (nSPS) is 26.6. The van der Waals surface area contributed by atoms with Crippen LogP contribution in [0.15, 0.2) is 10.7 Å². The van der Waals surface area contributed by atoms with Gasteiger partial charge in [-0.2, -0.15) is 11.8 Å². The molecule has 0 radical (unpaired) electrons. The van der Waals surface area contributed by atoms with Gasteiger partial charge in [-0.3, -0.25) is 0 Å². The molecule has 3 nitrogen and oxygen atoms in total. The van der Waals surface area contributed by atoms with Gasteiger partial charge in [0.1, 0.15) is 6.26 Å². The number of rotatable bonds is 3. The summed E-state index contributed by atoms with van der Waals surface area (Å²) in [6.07, 6.45) is 6.85. The zero-order chi connectivity index (χ0) is 10.8. The predicted molar refractivity (Wildman–Crippen MR) is 65.6 cm³/mol. The van der Waals surface area contributed by atoms with Crippen LogP contribution < -0.4 is 5.32 Å². The van der Waals surface area contributed by atoms with Crippen LogP contribution in [0.25, 0.3) is 0 Å². The number of nitrogens with zero attached hydrogens (tertiary/aromatic N) is 1. The molecule has 0 aliphatic carbocycles. The molecule has 1 aromatic rings. The van der Waals surface area contributed by atoms with E-state index in [4.69, 9.17) is 4.42 Å². The van der Waals surface area contributed by atoms with E-state index in [0.717, 1.165) is 31.3 Å². The predicted octanol–water partition coefficient (Wildman–Crippen LogP) is 2.39. The molecule has 1 unspecified atom stereocenters. The molecule has 2 fully saturated rings. The maximum Gasteiger partial charge on any atom is 0.194 e. The van der Waals surface area contributed by atoms with Crippen molar-refractivity contribution in [3.05, 3.63) is 17.8 Å². The van der Waals surface area contributed by atoms with E-state index in [-0.39, 0.29) is 0 Å². The van der Waals surface area contributed by atoms with Gasteiger partial charge in [-0.25, -0.2) is 4.98 Å². The second-order valence-electron chi connectivity index (χ2n) is 4.75. The van der Waals surface area contributed by atoms with Crippen LogP contribution in [0.3, 0.4) is 0 Å². The molecule has 2 aliphatic heterocycles. The largest absolute Gasteiger partial charge is 0.449 e. The van der Waals surface area contributed by atoms with Gasteiger partial charge in [-0.15, -0.1) is 0 Å². The minimum Gasteiger partial charge on any atom is -0.449 e. The minimum absolute atomic E-state index is 0.589. The van der Waals surface area contributed by atoms with Gasteiger partial charge in [-0.05, 0) is 37.6 Å². The van der Waals surface area contributed by atoms with Crippen LogP contribution in [0.5, 0.6) is 0 Å². The molecular formula is C12H18N2OS. The molecule has 2 saturated heterocycles. The molecule has 1 aromatic heterocycles. The minimum atomic E-state index is 0.589. The molecule has 1 N–H and O–H groups in total. The first-order chi connectivity index (χ1) is 7.92. The number of thioether (sulfide) groups is 1. The first-order valence-corrected chi connectivity index (χ1v) is 7.23. The summed E-state index contributed by atoms with van der Waals surface area (Å²) in [7, 11) is 0. The third-order valence-corrected chi connectivity index (χ3v) is 4.81. The summed E-state index contributed by atoms with van der Waals surface area (Å²) in [5, 5.41) is 3.87. The van der Waals surface area contributed by atoms with Crippen molar-refractivity contribution in [1.29, 1.82) is 0 Å². The molecule has 16 heavy (non-hydrogen) atoms. The van der Waals surface area contributed by atoms with Gasteiger partial charge >= 0.3 is 0 Å². The summed E-state index contributed by atoms with van der Waals surface area (Å²) in [5.41, 5.74) is 1.17. The van der Waals surface area contributed by atoms with E-state index in [1.807, 2.05) is 18.0 Å². The van der Waals surface area contributed by atoms with E-state index in [1.165, 1.54) is 30.7 Å². The van der Waals surface area contributed by atoms with Crippen LogP contribution in [-0.2, 0) is 6.42 Å². The van der Waals surface area contributed by atoms with Crippen molar-refractivity contribution >= 4 is 11.8 Å². The standard InChI is InChI=1S/C12H18N2OS/c1-2-4-16-11(3-1)10-8-15-12(14-10)5-9-6-13-7-9/h8-9,11,13H,1-7H2. The Morgan fingerprint density at radius 2 is 2.38 bits per heavy atom. The van der Waals surface area contributed by atoms with Crippen molar-refractivity contribution in [2.75, 3.05) is 18.8 Å². The summed E-state index contributed by atoms with van der Waals surface area (Å²) >= 11 is 2.03. The molecule has 0 amide bonds. The van der Waals surface area contributed by atoms with Crippen molar-refractivity contribution in [3.8, 4) is 0 Å². The van der Waals surface area contributed by atoms with Crippen LogP contribution >= 0.6 is 11.8 Å². The van der Waals surface area contributed by atoms with Gasteiger partial charge in [0, 0.05) is 6.42 Å². The van der Waals surface area contributed by atoms with E-state index < -0.39 is 0 Å². The molecule has 2 aliphatic rings. The molecule has 4 heteroatoms. The second-order valence-corrected chi connectivity index (χ2v) is 6.06. The van der Waals surface area contributed by atoms with Gasteiger partial charge in [0.2, 0.25) is 0 Å². The maximum atomic E-state index is 5.57. The highest BCUT2D eigenvalue weighted by Gasteiger charge is 2.22. The fourth-order valence-corrected chi connectivity index (χ4v) is 3.55. The molecule has 0 spiro atoms. The lowest BCUT2D eigenvalue weighted by molar-refractivity contribution is 0.318. The van der Waals surface area contributed by atoms with E-state index in [0.29, 0.717) is 5.25 Å². The average molecular weight is 238 g/mol. The first-order valence-electron chi connectivity index (χ1n) is 6.18.